The van der Waals surface area contributed by atoms with Crippen molar-refractivity contribution in [2.75, 3.05) is 0 Å². The number of benzene rings is 2. The Morgan fingerprint density at radius 3 is 2.10 bits per heavy atom. The molecule has 2 rings (SSSR count). The van der Waals surface area contributed by atoms with Gasteiger partial charge in [-0.25, -0.2) is 0 Å². The summed E-state index contributed by atoms with van der Waals surface area (Å²) in [5.74, 6) is -1.09. The number of carbonyl (C=O) groups excluding carboxylic acids is 2. The molecule has 0 saturated heterocycles. The van der Waals surface area contributed by atoms with E-state index in [2.05, 4.69) is 0 Å². The minimum Gasteiger partial charge on any atom is -0.290 e. The molecule has 0 radical (unpaired) electrons. The molecule has 0 saturated carbocycles. The van der Waals surface area contributed by atoms with Gasteiger partial charge in [-0.2, -0.15) is 0 Å². The second-order valence-electron chi connectivity index (χ2n) is 4.22. The fraction of sp³-hybridized carbons (Fsp3) is 0.0667. The molecule has 0 spiro atoms. The van der Waals surface area contributed by atoms with E-state index in [0.29, 0.717) is 11.1 Å². The summed E-state index contributed by atoms with van der Waals surface area (Å²) in [5, 5.41) is 10.5. The summed E-state index contributed by atoms with van der Waals surface area (Å²) in [6.07, 6.45) is -0.0638. The summed E-state index contributed by atoms with van der Waals surface area (Å²) in [7, 11) is 0. The molecule has 0 heterocycles. The maximum Gasteiger partial charge on any atom is 0.269 e. The number of nitro groups is 1. The Morgan fingerprint density at radius 1 is 0.950 bits per heavy atom. The zero-order chi connectivity index (χ0) is 14.5. The number of hydrogen-bond donors (Lipinski definition) is 0. The van der Waals surface area contributed by atoms with E-state index in [1.54, 1.807) is 30.3 Å². The lowest BCUT2D eigenvalue weighted by atomic mass is 10.0. The summed E-state index contributed by atoms with van der Waals surface area (Å²) in [5.41, 5.74) is 0.875. The molecule has 0 fully saturated rings. The van der Waals surface area contributed by atoms with Crippen LogP contribution in [0.2, 0.25) is 0 Å². The predicted octanol–water partition coefficient (Wildman–Crippen LogP) is 2.59. The fourth-order valence-electron chi connectivity index (χ4n) is 1.75. The molecular weight excluding hydrogens is 258 g/mol. The molecular formula is C15H11NO4. The van der Waals surface area contributed by atoms with Gasteiger partial charge in [0.15, 0.2) is 0 Å². The number of carbonyl (C=O) groups is 2. The average Bonchev–Trinajstić information content (AvgIpc) is 2.48. The summed E-state index contributed by atoms with van der Waals surface area (Å²) < 4.78 is 0. The lowest BCUT2D eigenvalue weighted by Crippen LogP contribution is -2.16. The smallest absolute Gasteiger partial charge is 0.269 e. The first kappa shape index (κ1) is 13.6. The van der Waals surface area contributed by atoms with E-state index in [-0.39, 0.29) is 12.1 Å². The quantitative estimate of drug-likeness (QED) is 0.362. The summed E-state index contributed by atoms with van der Waals surface area (Å²) >= 11 is 0. The second-order valence-corrected chi connectivity index (χ2v) is 4.22. The highest BCUT2D eigenvalue weighted by Crippen LogP contribution is 2.13. The van der Waals surface area contributed by atoms with Gasteiger partial charge < -0.3 is 0 Å². The molecule has 0 bridgehead atoms. The predicted molar refractivity (Wildman–Crippen MR) is 72.6 cm³/mol. The molecule has 100 valence electrons. The van der Waals surface area contributed by atoms with Gasteiger partial charge in [0.25, 0.3) is 5.69 Å². The van der Waals surface area contributed by atoms with Gasteiger partial charge >= 0.3 is 0 Å². The van der Waals surface area contributed by atoms with Crippen molar-refractivity contribution in [2.45, 2.75) is 6.42 Å². The first-order chi connectivity index (χ1) is 9.58. The molecule has 0 N–H and O–H groups in total. The van der Waals surface area contributed by atoms with Gasteiger partial charge in [-0.1, -0.05) is 42.5 Å². The topological polar surface area (TPSA) is 77.3 Å². The van der Waals surface area contributed by atoms with E-state index < -0.39 is 16.5 Å². The van der Waals surface area contributed by atoms with E-state index in [9.17, 15) is 19.7 Å². The highest BCUT2D eigenvalue weighted by molar-refractivity contribution is 6.44. The molecule has 0 aliphatic carbocycles. The van der Waals surface area contributed by atoms with Gasteiger partial charge in [0.05, 0.1) is 4.92 Å². The largest absolute Gasteiger partial charge is 0.290 e. The van der Waals surface area contributed by atoms with Crippen molar-refractivity contribution in [1.29, 1.82) is 0 Å². The number of nitro benzene ring substituents is 1. The van der Waals surface area contributed by atoms with Crippen LogP contribution < -0.4 is 0 Å². The lowest BCUT2D eigenvalue weighted by molar-refractivity contribution is -0.384. The zero-order valence-electron chi connectivity index (χ0n) is 10.5. The van der Waals surface area contributed by atoms with Crippen molar-refractivity contribution in [3.63, 3.8) is 0 Å². The Labute approximate surface area is 115 Å². The normalized spacial score (nSPS) is 10.0. The van der Waals surface area contributed by atoms with Gasteiger partial charge in [0, 0.05) is 24.1 Å². The molecule has 0 aliphatic rings. The van der Waals surface area contributed by atoms with Crippen molar-refractivity contribution >= 4 is 17.3 Å². The van der Waals surface area contributed by atoms with Crippen LogP contribution >= 0.6 is 0 Å². The maximum absolute atomic E-state index is 11.9. The van der Waals surface area contributed by atoms with E-state index in [4.69, 9.17) is 0 Å². The standard InChI is InChI=1S/C15H11NO4/c17-14(15(18)12-4-2-1-3-5-12)10-11-6-8-13(9-7-11)16(19)20/h1-9H,10H2. The Balaban J connectivity index is 2.08. The third-order valence-corrected chi connectivity index (χ3v) is 2.80. The van der Waals surface area contributed by atoms with Crippen molar-refractivity contribution < 1.29 is 14.5 Å². The molecule has 0 aliphatic heterocycles. The van der Waals surface area contributed by atoms with E-state index in [1.807, 2.05) is 0 Å². The van der Waals surface area contributed by atoms with Crippen LogP contribution in [0.5, 0.6) is 0 Å². The first-order valence-electron chi connectivity index (χ1n) is 5.94. The van der Waals surface area contributed by atoms with Crippen LogP contribution in [0.4, 0.5) is 5.69 Å². The number of hydrogen-bond acceptors (Lipinski definition) is 4. The number of non-ortho nitro benzene ring substituents is 1. The summed E-state index contributed by atoms with van der Waals surface area (Å²) in [6.45, 7) is 0. The molecule has 0 amide bonds. The zero-order valence-corrected chi connectivity index (χ0v) is 10.5. The lowest BCUT2D eigenvalue weighted by Gasteiger charge is -2.01. The maximum atomic E-state index is 11.9. The van der Waals surface area contributed by atoms with Crippen LogP contribution in [0.15, 0.2) is 54.6 Å². The summed E-state index contributed by atoms with van der Waals surface area (Å²) in [6, 6.07) is 13.9. The molecule has 5 nitrogen and oxygen atoms in total. The fourth-order valence-corrected chi connectivity index (χ4v) is 1.75. The molecule has 0 aromatic heterocycles. The molecule has 2 aromatic rings. The third kappa shape index (κ3) is 3.14. The second kappa shape index (κ2) is 5.88. The van der Waals surface area contributed by atoms with E-state index in [1.165, 1.54) is 24.3 Å². The minimum absolute atomic E-state index is 0.0458. The minimum atomic E-state index is -0.552. The SMILES string of the molecule is O=C(Cc1ccc([N+](=O)[O-])cc1)C(=O)c1ccccc1. The molecule has 2 aromatic carbocycles. The number of ketones is 2. The van der Waals surface area contributed by atoms with Gasteiger partial charge in [-0.15, -0.1) is 0 Å². The van der Waals surface area contributed by atoms with E-state index >= 15 is 0 Å². The van der Waals surface area contributed by atoms with Crippen LogP contribution in [0, 0.1) is 10.1 Å². The Bertz CT molecular complexity index is 647. The van der Waals surface area contributed by atoms with Gasteiger partial charge in [-0.05, 0) is 5.56 Å². The van der Waals surface area contributed by atoms with Crippen LogP contribution in [0.1, 0.15) is 15.9 Å². The Kier molecular flexibility index (Phi) is 4.00. The van der Waals surface area contributed by atoms with Gasteiger partial charge in [0.1, 0.15) is 0 Å². The number of rotatable bonds is 5. The average molecular weight is 269 g/mol. The van der Waals surface area contributed by atoms with Crippen molar-refractivity contribution in [3.05, 3.63) is 75.8 Å². The van der Waals surface area contributed by atoms with Crippen molar-refractivity contribution in [3.8, 4) is 0 Å². The van der Waals surface area contributed by atoms with Crippen LogP contribution in [-0.4, -0.2) is 16.5 Å². The first-order valence-corrected chi connectivity index (χ1v) is 5.94. The highest BCUT2D eigenvalue weighted by atomic mass is 16.6. The van der Waals surface area contributed by atoms with Gasteiger partial charge in [-0.3, -0.25) is 19.7 Å². The Hall–Kier alpha value is -2.82. The summed E-state index contributed by atoms with van der Waals surface area (Å²) in [4.78, 5) is 33.7. The molecule has 20 heavy (non-hydrogen) atoms. The van der Waals surface area contributed by atoms with Crippen molar-refractivity contribution in [1.82, 2.24) is 0 Å². The molecule has 5 heteroatoms. The van der Waals surface area contributed by atoms with Gasteiger partial charge in [0.2, 0.25) is 11.6 Å². The van der Waals surface area contributed by atoms with E-state index in [0.717, 1.165) is 0 Å². The molecule has 0 unspecified atom stereocenters. The number of nitrogens with zero attached hydrogens (tertiary/aromatic N) is 1. The Morgan fingerprint density at radius 2 is 1.55 bits per heavy atom. The van der Waals surface area contributed by atoms with Crippen LogP contribution in [0.25, 0.3) is 0 Å². The molecule has 0 atom stereocenters. The van der Waals surface area contributed by atoms with Crippen LogP contribution in [-0.2, 0) is 11.2 Å². The third-order valence-electron chi connectivity index (χ3n) is 2.80. The number of Topliss-reactive ketones (excluding diaryl/α,β-unsaturated/α-hetero) is 2. The van der Waals surface area contributed by atoms with Crippen molar-refractivity contribution in [2.24, 2.45) is 0 Å². The van der Waals surface area contributed by atoms with Crippen LogP contribution in [0.3, 0.4) is 0 Å². The monoisotopic (exact) mass is 269 g/mol. The highest BCUT2D eigenvalue weighted by Gasteiger charge is 2.16.